The molecule has 0 spiro atoms. The lowest BCUT2D eigenvalue weighted by molar-refractivity contribution is -0.133. The van der Waals surface area contributed by atoms with Gasteiger partial charge in [0, 0.05) is 19.6 Å². The summed E-state index contributed by atoms with van der Waals surface area (Å²) in [5.74, 6) is 0.241. The van der Waals surface area contributed by atoms with E-state index in [9.17, 15) is 9.18 Å². The number of hydrogen-bond donors (Lipinski definition) is 1. The number of nitrogens with one attached hydrogen (secondary N) is 1. The maximum Gasteiger partial charge on any atom is 0.260 e. The van der Waals surface area contributed by atoms with Crippen LogP contribution < -0.4 is 10.1 Å². The largest absolute Gasteiger partial charge is 0.483 e. The molecule has 104 valence electrons. The van der Waals surface area contributed by atoms with Crippen molar-refractivity contribution in [2.24, 2.45) is 0 Å². The van der Waals surface area contributed by atoms with Crippen molar-refractivity contribution in [1.29, 1.82) is 0 Å². The molecule has 1 aromatic rings. The van der Waals surface area contributed by atoms with Crippen molar-refractivity contribution in [3.05, 3.63) is 29.6 Å². The lowest BCUT2D eigenvalue weighted by Gasteiger charge is -2.20. The maximum atomic E-state index is 12.9. The predicted octanol–water partition coefficient (Wildman–Crippen LogP) is 1.33. The van der Waals surface area contributed by atoms with Crippen molar-refractivity contribution < 1.29 is 13.9 Å². The summed E-state index contributed by atoms with van der Waals surface area (Å²) in [6.07, 6.45) is 0.960. The Bertz CT molecular complexity index is 443. The normalized spacial score (nSPS) is 16.0. The number of ether oxygens (including phenoxy) is 1. The first-order chi connectivity index (χ1) is 9.16. The molecule has 1 aliphatic rings. The van der Waals surface area contributed by atoms with E-state index in [2.05, 4.69) is 5.32 Å². The van der Waals surface area contributed by atoms with E-state index in [4.69, 9.17) is 4.74 Å². The second-order valence-corrected chi connectivity index (χ2v) is 4.68. The minimum atomic E-state index is -0.297. The highest BCUT2D eigenvalue weighted by Crippen LogP contribution is 2.18. The van der Waals surface area contributed by atoms with Gasteiger partial charge < -0.3 is 15.0 Å². The second kappa shape index (κ2) is 6.52. The Kier molecular flexibility index (Phi) is 4.74. The summed E-state index contributed by atoms with van der Waals surface area (Å²) in [5, 5.41) is 3.24. The third kappa shape index (κ3) is 3.92. The fraction of sp³-hybridized carbons (Fsp3) is 0.500. The Hall–Kier alpha value is -1.62. The first-order valence-corrected chi connectivity index (χ1v) is 6.54. The Morgan fingerprint density at radius 3 is 3.05 bits per heavy atom. The number of carbonyl (C=O) groups is 1. The van der Waals surface area contributed by atoms with Crippen molar-refractivity contribution >= 4 is 5.91 Å². The van der Waals surface area contributed by atoms with Crippen molar-refractivity contribution in [1.82, 2.24) is 10.2 Å². The van der Waals surface area contributed by atoms with Crippen LogP contribution >= 0.6 is 0 Å². The Morgan fingerprint density at radius 2 is 2.26 bits per heavy atom. The Balaban J connectivity index is 1.88. The number of rotatable bonds is 3. The van der Waals surface area contributed by atoms with Gasteiger partial charge in [-0.05, 0) is 43.7 Å². The number of halogens is 1. The van der Waals surface area contributed by atoms with Gasteiger partial charge in [-0.2, -0.15) is 0 Å². The quantitative estimate of drug-likeness (QED) is 0.897. The average Bonchev–Trinajstić information content (AvgIpc) is 2.66. The SMILES string of the molecule is Cc1cc(F)ccc1OCC(=O)N1CCCNCC1. The standard InChI is InChI=1S/C14H19FN2O2/c1-11-9-12(15)3-4-13(11)19-10-14(18)17-7-2-5-16-6-8-17/h3-4,9,16H,2,5-8,10H2,1H3. The zero-order chi connectivity index (χ0) is 13.7. The molecule has 0 aliphatic carbocycles. The van der Waals surface area contributed by atoms with Gasteiger partial charge in [0.2, 0.25) is 0 Å². The summed E-state index contributed by atoms with van der Waals surface area (Å²) in [6.45, 7) is 5.01. The molecule has 0 unspecified atom stereocenters. The van der Waals surface area contributed by atoms with Crippen molar-refractivity contribution in [2.45, 2.75) is 13.3 Å². The molecule has 0 atom stereocenters. The Labute approximate surface area is 112 Å². The molecule has 1 fully saturated rings. The highest BCUT2D eigenvalue weighted by Gasteiger charge is 2.16. The van der Waals surface area contributed by atoms with Crippen LogP contribution in [0.4, 0.5) is 4.39 Å². The van der Waals surface area contributed by atoms with E-state index in [1.54, 1.807) is 17.9 Å². The van der Waals surface area contributed by atoms with Crippen molar-refractivity contribution in [3.63, 3.8) is 0 Å². The van der Waals surface area contributed by atoms with Gasteiger partial charge in [-0.15, -0.1) is 0 Å². The van der Waals surface area contributed by atoms with E-state index < -0.39 is 0 Å². The lowest BCUT2D eigenvalue weighted by Crippen LogP contribution is -2.37. The van der Waals surface area contributed by atoms with Crippen molar-refractivity contribution in [3.8, 4) is 5.75 Å². The van der Waals surface area contributed by atoms with E-state index >= 15 is 0 Å². The number of aryl methyl sites for hydroxylation is 1. The summed E-state index contributed by atoms with van der Waals surface area (Å²) in [7, 11) is 0. The van der Waals surface area contributed by atoms with Crippen LogP contribution in [0.2, 0.25) is 0 Å². The molecule has 5 heteroatoms. The molecular weight excluding hydrogens is 247 g/mol. The highest BCUT2D eigenvalue weighted by molar-refractivity contribution is 5.77. The summed E-state index contributed by atoms with van der Waals surface area (Å²) in [5.41, 5.74) is 0.699. The second-order valence-electron chi connectivity index (χ2n) is 4.68. The smallest absolute Gasteiger partial charge is 0.260 e. The van der Waals surface area contributed by atoms with Crippen LogP contribution in [-0.4, -0.2) is 43.6 Å². The minimum Gasteiger partial charge on any atom is -0.483 e. The molecular formula is C14H19FN2O2. The van der Waals surface area contributed by atoms with E-state index in [0.717, 1.165) is 26.1 Å². The molecule has 1 N–H and O–H groups in total. The van der Waals surface area contributed by atoms with Gasteiger partial charge in [0.25, 0.3) is 5.91 Å². The third-order valence-electron chi connectivity index (χ3n) is 3.18. The van der Waals surface area contributed by atoms with Crippen LogP contribution in [0.3, 0.4) is 0 Å². The van der Waals surface area contributed by atoms with Crippen LogP contribution in [0.5, 0.6) is 5.75 Å². The topological polar surface area (TPSA) is 41.6 Å². The summed E-state index contributed by atoms with van der Waals surface area (Å²) < 4.78 is 18.4. The number of benzene rings is 1. The van der Waals surface area contributed by atoms with Crippen LogP contribution in [0.15, 0.2) is 18.2 Å². The van der Waals surface area contributed by atoms with Crippen molar-refractivity contribution in [2.75, 3.05) is 32.8 Å². The highest BCUT2D eigenvalue weighted by atomic mass is 19.1. The molecule has 0 saturated carbocycles. The average molecular weight is 266 g/mol. The molecule has 0 aromatic heterocycles. The molecule has 0 radical (unpaired) electrons. The first-order valence-electron chi connectivity index (χ1n) is 6.54. The molecule has 4 nitrogen and oxygen atoms in total. The van der Waals surface area contributed by atoms with Gasteiger partial charge >= 0.3 is 0 Å². The first kappa shape index (κ1) is 13.8. The van der Waals surface area contributed by atoms with Crippen LogP contribution in [0.1, 0.15) is 12.0 Å². The van der Waals surface area contributed by atoms with E-state index in [-0.39, 0.29) is 18.3 Å². The number of hydrogen-bond acceptors (Lipinski definition) is 3. The van der Waals surface area contributed by atoms with Gasteiger partial charge in [0.05, 0.1) is 0 Å². The number of carbonyl (C=O) groups excluding carboxylic acids is 1. The molecule has 1 heterocycles. The van der Waals surface area contributed by atoms with Gasteiger partial charge in [0.15, 0.2) is 6.61 Å². The fourth-order valence-corrected chi connectivity index (χ4v) is 2.10. The molecule has 19 heavy (non-hydrogen) atoms. The maximum absolute atomic E-state index is 12.9. The van der Waals surface area contributed by atoms with Gasteiger partial charge in [-0.3, -0.25) is 4.79 Å². The zero-order valence-electron chi connectivity index (χ0n) is 11.1. The van der Waals surface area contributed by atoms with Crippen LogP contribution in [0, 0.1) is 12.7 Å². The minimum absolute atomic E-state index is 0.00642. The molecule has 2 rings (SSSR count). The van der Waals surface area contributed by atoms with Gasteiger partial charge in [0.1, 0.15) is 11.6 Å². The number of amides is 1. The summed E-state index contributed by atoms with van der Waals surface area (Å²) in [6, 6.07) is 4.29. The molecule has 1 saturated heterocycles. The van der Waals surface area contributed by atoms with Crippen LogP contribution in [0.25, 0.3) is 0 Å². The summed E-state index contributed by atoms with van der Waals surface area (Å²) in [4.78, 5) is 13.8. The van der Waals surface area contributed by atoms with E-state index in [1.807, 2.05) is 0 Å². The van der Waals surface area contributed by atoms with Gasteiger partial charge in [-0.1, -0.05) is 0 Å². The monoisotopic (exact) mass is 266 g/mol. The molecule has 1 aromatic carbocycles. The Morgan fingerprint density at radius 1 is 1.42 bits per heavy atom. The molecule has 0 bridgehead atoms. The predicted molar refractivity (Wildman–Crippen MR) is 70.7 cm³/mol. The van der Waals surface area contributed by atoms with E-state index in [1.165, 1.54) is 12.1 Å². The zero-order valence-corrected chi connectivity index (χ0v) is 11.1. The van der Waals surface area contributed by atoms with E-state index in [0.29, 0.717) is 17.9 Å². The molecule has 1 aliphatic heterocycles. The fourth-order valence-electron chi connectivity index (χ4n) is 2.10. The van der Waals surface area contributed by atoms with Crippen LogP contribution in [-0.2, 0) is 4.79 Å². The van der Waals surface area contributed by atoms with Gasteiger partial charge in [-0.25, -0.2) is 4.39 Å². The molecule has 1 amide bonds. The lowest BCUT2D eigenvalue weighted by atomic mass is 10.2. The number of nitrogens with zero attached hydrogens (tertiary/aromatic N) is 1. The third-order valence-corrected chi connectivity index (χ3v) is 3.18. The summed E-state index contributed by atoms with van der Waals surface area (Å²) >= 11 is 0.